The minimum atomic E-state index is -0.596. The lowest BCUT2D eigenvalue weighted by Crippen LogP contribution is -2.43. The van der Waals surface area contributed by atoms with Gasteiger partial charge in [0.05, 0.1) is 11.3 Å². The first kappa shape index (κ1) is 13.9. The van der Waals surface area contributed by atoms with Crippen LogP contribution in [0.15, 0.2) is 18.2 Å². The van der Waals surface area contributed by atoms with Crippen LogP contribution in [-0.2, 0) is 4.79 Å². The zero-order valence-corrected chi connectivity index (χ0v) is 12.0. The highest BCUT2D eigenvalue weighted by atomic mass is 16.5. The van der Waals surface area contributed by atoms with Crippen molar-refractivity contribution in [1.29, 1.82) is 0 Å². The number of likely N-dealkylation sites (tertiary alicyclic amines) is 1. The van der Waals surface area contributed by atoms with E-state index in [9.17, 15) is 9.59 Å². The third-order valence-corrected chi connectivity index (χ3v) is 3.99. The van der Waals surface area contributed by atoms with Crippen LogP contribution in [0.4, 0.5) is 5.69 Å². The van der Waals surface area contributed by atoms with Crippen LogP contribution in [0.5, 0.6) is 5.75 Å². The number of anilines is 1. The van der Waals surface area contributed by atoms with E-state index >= 15 is 0 Å². The number of nitrogens with two attached hydrogens (primary N) is 1. The number of hydrogen-bond donors (Lipinski definition) is 2. The summed E-state index contributed by atoms with van der Waals surface area (Å²) in [7, 11) is 0. The van der Waals surface area contributed by atoms with Gasteiger partial charge in [0.1, 0.15) is 0 Å². The average Bonchev–Trinajstić information content (AvgIpc) is 2.48. The number of piperidine rings is 1. The number of fused-ring (bicyclic) bond motifs is 1. The van der Waals surface area contributed by atoms with Crippen LogP contribution in [0.1, 0.15) is 30.1 Å². The Balaban J connectivity index is 1.87. The molecule has 1 aromatic rings. The highest BCUT2D eigenvalue weighted by molar-refractivity contribution is 6.04. The molecule has 0 saturated carbocycles. The van der Waals surface area contributed by atoms with Crippen LogP contribution in [0.25, 0.3) is 0 Å². The molecular formula is C15H19N3O3. The molecule has 0 spiro atoms. The fourth-order valence-corrected chi connectivity index (χ4v) is 2.67. The van der Waals surface area contributed by atoms with Gasteiger partial charge in [-0.05, 0) is 31.9 Å². The molecule has 6 heteroatoms. The lowest BCUT2D eigenvalue weighted by Gasteiger charge is -2.32. The Labute approximate surface area is 123 Å². The largest absolute Gasteiger partial charge is 0.478 e. The van der Waals surface area contributed by atoms with Gasteiger partial charge in [0.15, 0.2) is 11.9 Å². The maximum atomic E-state index is 12.7. The predicted molar refractivity (Wildman–Crippen MR) is 78.3 cm³/mol. The predicted octanol–water partition coefficient (Wildman–Crippen LogP) is 0.969. The molecule has 21 heavy (non-hydrogen) atoms. The summed E-state index contributed by atoms with van der Waals surface area (Å²) in [6.07, 6.45) is 1.03. The van der Waals surface area contributed by atoms with Crippen molar-refractivity contribution in [3.63, 3.8) is 0 Å². The van der Waals surface area contributed by atoms with E-state index in [0.717, 1.165) is 12.8 Å². The van der Waals surface area contributed by atoms with Gasteiger partial charge >= 0.3 is 0 Å². The molecule has 6 nitrogen and oxygen atoms in total. The minimum absolute atomic E-state index is 0.0675. The van der Waals surface area contributed by atoms with E-state index in [1.165, 1.54) is 0 Å². The van der Waals surface area contributed by atoms with Gasteiger partial charge < -0.3 is 20.7 Å². The first-order chi connectivity index (χ1) is 10.1. The second-order valence-corrected chi connectivity index (χ2v) is 5.56. The van der Waals surface area contributed by atoms with Gasteiger partial charge in [-0.2, -0.15) is 0 Å². The van der Waals surface area contributed by atoms with Crippen LogP contribution in [0.3, 0.4) is 0 Å². The lowest BCUT2D eigenvalue weighted by molar-refractivity contribution is -0.122. The number of nitrogens with zero attached hydrogens (tertiary/aromatic N) is 1. The molecule has 2 aliphatic heterocycles. The minimum Gasteiger partial charge on any atom is -0.478 e. The Hall–Kier alpha value is -2.08. The first-order valence-electron chi connectivity index (χ1n) is 7.21. The molecular weight excluding hydrogens is 270 g/mol. The second kappa shape index (κ2) is 5.37. The van der Waals surface area contributed by atoms with Crippen LogP contribution in [0, 0.1) is 0 Å². The van der Waals surface area contributed by atoms with Crippen molar-refractivity contribution in [2.24, 2.45) is 5.73 Å². The van der Waals surface area contributed by atoms with E-state index in [1.807, 2.05) is 0 Å². The van der Waals surface area contributed by atoms with Crippen molar-refractivity contribution < 1.29 is 14.3 Å². The summed E-state index contributed by atoms with van der Waals surface area (Å²) in [5.41, 5.74) is 6.92. The van der Waals surface area contributed by atoms with E-state index in [2.05, 4.69) is 5.32 Å². The zero-order valence-electron chi connectivity index (χ0n) is 12.0. The molecule has 1 saturated heterocycles. The molecule has 1 aromatic carbocycles. The fraction of sp³-hybridized carbons (Fsp3) is 0.467. The molecule has 2 amide bonds. The fourth-order valence-electron chi connectivity index (χ4n) is 2.67. The highest BCUT2D eigenvalue weighted by Crippen LogP contribution is 2.34. The molecule has 2 aliphatic rings. The smallest absolute Gasteiger partial charge is 0.265 e. The van der Waals surface area contributed by atoms with Gasteiger partial charge in [0.25, 0.3) is 11.8 Å². The van der Waals surface area contributed by atoms with Crippen molar-refractivity contribution in [1.82, 2.24) is 4.90 Å². The summed E-state index contributed by atoms with van der Waals surface area (Å²) in [6.45, 7) is 2.98. The quantitative estimate of drug-likeness (QED) is 0.806. The number of benzene rings is 1. The second-order valence-electron chi connectivity index (χ2n) is 5.56. The Kier molecular flexibility index (Phi) is 3.55. The normalized spacial score (nSPS) is 22.3. The highest BCUT2D eigenvalue weighted by Gasteiger charge is 2.30. The monoisotopic (exact) mass is 289 g/mol. The topological polar surface area (TPSA) is 84.7 Å². The third-order valence-electron chi connectivity index (χ3n) is 3.99. The molecule has 0 bridgehead atoms. The van der Waals surface area contributed by atoms with Crippen LogP contribution in [0.2, 0.25) is 0 Å². The number of carbonyl (C=O) groups is 2. The SMILES string of the molecule is CC1Oc2c(cccc2C(=O)N2CCC(N)CC2)NC1=O. The van der Waals surface area contributed by atoms with E-state index in [4.69, 9.17) is 10.5 Å². The number of rotatable bonds is 1. The summed E-state index contributed by atoms with van der Waals surface area (Å²) < 4.78 is 5.62. The van der Waals surface area contributed by atoms with E-state index in [-0.39, 0.29) is 17.9 Å². The molecule has 0 aromatic heterocycles. The molecule has 0 aliphatic carbocycles. The maximum absolute atomic E-state index is 12.7. The molecule has 3 rings (SSSR count). The van der Waals surface area contributed by atoms with Crippen molar-refractivity contribution in [2.45, 2.75) is 31.9 Å². The van der Waals surface area contributed by atoms with Gasteiger partial charge in [-0.3, -0.25) is 9.59 Å². The number of carbonyl (C=O) groups excluding carboxylic acids is 2. The van der Waals surface area contributed by atoms with E-state index in [0.29, 0.717) is 30.1 Å². The number of nitrogens with one attached hydrogen (secondary N) is 1. The van der Waals surface area contributed by atoms with E-state index < -0.39 is 6.10 Å². The van der Waals surface area contributed by atoms with Gasteiger partial charge in [-0.25, -0.2) is 0 Å². The molecule has 0 radical (unpaired) electrons. The summed E-state index contributed by atoms with van der Waals surface area (Å²) in [4.78, 5) is 26.1. The van der Waals surface area contributed by atoms with E-state index in [1.54, 1.807) is 30.0 Å². The van der Waals surface area contributed by atoms with Crippen molar-refractivity contribution in [2.75, 3.05) is 18.4 Å². The van der Waals surface area contributed by atoms with Gasteiger partial charge in [-0.15, -0.1) is 0 Å². The Morgan fingerprint density at radius 3 is 2.81 bits per heavy atom. The van der Waals surface area contributed by atoms with Crippen LogP contribution >= 0.6 is 0 Å². The summed E-state index contributed by atoms with van der Waals surface area (Å²) in [5.74, 6) is 0.197. The number of para-hydroxylation sites is 1. The standard InChI is InChI=1S/C15H19N3O3/c1-9-14(19)17-12-4-2-3-11(13(12)21-9)15(20)18-7-5-10(16)6-8-18/h2-4,9-10H,5-8,16H2,1H3,(H,17,19). The molecule has 3 N–H and O–H groups in total. The number of hydrogen-bond acceptors (Lipinski definition) is 4. The molecule has 1 unspecified atom stereocenters. The van der Waals surface area contributed by atoms with Crippen molar-refractivity contribution in [3.05, 3.63) is 23.8 Å². The van der Waals surface area contributed by atoms with Crippen molar-refractivity contribution >= 4 is 17.5 Å². The first-order valence-corrected chi connectivity index (χ1v) is 7.21. The summed E-state index contributed by atoms with van der Waals surface area (Å²) >= 11 is 0. The lowest BCUT2D eigenvalue weighted by atomic mass is 10.0. The van der Waals surface area contributed by atoms with Crippen molar-refractivity contribution in [3.8, 4) is 5.75 Å². The molecule has 1 fully saturated rings. The summed E-state index contributed by atoms with van der Waals surface area (Å²) in [6, 6.07) is 5.40. The Morgan fingerprint density at radius 1 is 1.38 bits per heavy atom. The van der Waals surface area contributed by atoms with Crippen LogP contribution < -0.4 is 15.8 Å². The van der Waals surface area contributed by atoms with Gasteiger partial charge in [0.2, 0.25) is 0 Å². The average molecular weight is 289 g/mol. The van der Waals surface area contributed by atoms with Crippen LogP contribution in [-0.4, -0.2) is 41.9 Å². The number of amides is 2. The number of ether oxygens (including phenoxy) is 1. The third kappa shape index (κ3) is 2.58. The van der Waals surface area contributed by atoms with Gasteiger partial charge in [-0.1, -0.05) is 6.07 Å². The molecule has 1 atom stereocenters. The summed E-state index contributed by atoms with van der Waals surface area (Å²) in [5, 5.41) is 2.76. The van der Waals surface area contributed by atoms with Gasteiger partial charge in [0, 0.05) is 19.1 Å². The maximum Gasteiger partial charge on any atom is 0.265 e. The molecule has 112 valence electrons. The zero-order chi connectivity index (χ0) is 15.0. The molecule has 2 heterocycles. The Bertz CT molecular complexity index is 580. The Morgan fingerprint density at radius 2 is 2.10 bits per heavy atom.